The topological polar surface area (TPSA) is 59.6 Å². The maximum Gasteiger partial charge on any atom is 0.188 e. The summed E-state index contributed by atoms with van der Waals surface area (Å²) in [5.41, 5.74) is 7.02. The lowest BCUT2D eigenvalue weighted by atomic mass is 10.1. The van der Waals surface area contributed by atoms with Gasteiger partial charge in [0.25, 0.3) is 0 Å². The molecule has 102 valence electrons. The highest BCUT2D eigenvalue weighted by molar-refractivity contribution is 14.0. The molecule has 1 rings (SSSR count). The number of aliphatic imine (C=N–C) groups is 1. The highest BCUT2D eigenvalue weighted by atomic mass is 127. The van der Waals surface area contributed by atoms with Gasteiger partial charge < -0.3 is 15.8 Å². The van der Waals surface area contributed by atoms with Gasteiger partial charge in [0.1, 0.15) is 0 Å². The predicted octanol–water partition coefficient (Wildman–Crippen LogP) is 1.79. The van der Waals surface area contributed by atoms with Gasteiger partial charge in [-0.25, -0.2) is 0 Å². The van der Waals surface area contributed by atoms with E-state index in [9.17, 15) is 0 Å². The summed E-state index contributed by atoms with van der Waals surface area (Å²) in [7, 11) is 1.69. The van der Waals surface area contributed by atoms with Gasteiger partial charge >= 0.3 is 0 Å². The molecule has 0 fully saturated rings. The van der Waals surface area contributed by atoms with Crippen LogP contribution in [-0.4, -0.2) is 32.8 Å². The minimum absolute atomic E-state index is 0. The first-order chi connectivity index (χ1) is 8.33. The lowest BCUT2D eigenvalue weighted by Gasteiger charge is -2.05. The summed E-state index contributed by atoms with van der Waals surface area (Å²) < 4.78 is 4.93. The van der Waals surface area contributed by atoms with Crippen molar-refractivity contribution in [2.45, 2.75) is 12.8 Å². The largest absolute Gasteiger partial charge is 0.385 e. The van der Waals surface area contributed by atoms with Crippen LogP contribution in [-0.2, 0) is 11.2 Å². The van der Waals surface area contributed by atoms with Crippen molar-refractivity contribution < 1.29 is 4.74 Å². The number of nitrogens with zero attached hydrogens (tertiary/aromatic N) is 1. The second-order valence-electron chi connectivity index (χ2n) is 3.78. The average Bonchev–Trinajstić information content (AvgIpc) is 2.36. The molecule has 0 bridgehead atoms. The first kappa shape index (κ1) is 17.2. The maximum absolute atomic E-state index is 5.72. The second kappa shape index (κ2) is 11.3. The lowest BCUT2D eigenvalue weighted by Crippen LogP contribution is -2.33. The molecule has 0 atom stereocenters. The van der Waals surface area contributed by atoms with Crippen molar-refractivity contribution >= 4 is 29.9 Å². The molecular weight excluding hydrogens is 341 g/mol. The van der Waals surface area contributed by atoms with Crippen molar-refractivity contribution in [3.8, 4) is 0 Å². The van der Waals surface area contributed by atoms with E-state index < -0.39 is 0 Å². The van der Waals surface area contributed by atoms with Crippen LogP contribution in [0.3, 0.4) is 0 Å². The van der Waals surface area contributed by atoms with Crippen LogP contribution in [0.2, 0.25) is 0 Å². The van der Waals surface area contributed by atoms with Crippen molar-refractivity contribution in [2.75, 3.05) is 26.8 Å². The molecule has 1 aromatic carbocycles. The van der Waals surface area contributed by atoms with Crippen LogP contribution in [0.25, 0.3) is 0 Å². The molecule has 0 aliphatic heterocycles. The summed E-state index contributed by atoms with van der Waals surface area (Å²) >= 11 is 0. The fraction of sp³-hybridized carbons (Fsp3) is 0.462. The Bertz CT molecular complexity index is 330. The fourth-order valence-corrected chi connectivity index (χ4v) is 1.44. The number of hydrogen-bond acceptors (Lipinski definition) is 2. The molecule has 0 saturated heterocycles. The van der Waals surface area contributed by atoms with E-state index in [1.165, 1.54) is 5.56 Å². The van der Waals surface area contributed by atoms with Crippen LogP contribution in [0.5, 0.6) is 0 Å². The number of rotatable bonds is 7. The van der Waals surface area contributed by atoms with Crippen LogP contribution in [0.4, 0.5) is 0 Å². The monoisotopic (exact) mass is 363 g/mol. The lowest BCUT2D eigenvalue weighted by molar-refractivity contribution is 0.197. The Morgan fingerprint density at radius 1 is 1.33 bits per heavy atom. The Morgan fingerprint density at radius 2 is 2.06 bits per heavy atom. The van der Waals surface area contributed by atoms with Gasteiger partial charge in [0.05, 0.1) is 0 Å². The SMILES string of the molecule is COCCCN=C(N)NCCc1ccccc1.I. The third-order valence-electron chi connectivity index (χ3n) is 2.35. The van der Waals surface area contributed by atoms with Crippen LogP contribution in [0.1, 0.15) is 12.0 Å². The Labute approximate surface area is 126 Å². The molecule has 0 aromatic heterocycles. The molecule has 3 N–H and O–H groups in total. The van der Waals surface area contributed by atoms with Gasteiger partial charge in [0, 0.05) is 26.8 Å². The smallest absolute Gasteiger partial charge is 0.188 e. The number of halogens is 1. The Morgan fingerprint density at radius 3 is 2.72 bits per heavy atom. The number of benzene rings is 1. The van der Waals surface area contributed by atoms with Gasteiger partial charge in [-0.05, 0) is 18.4 Å². The molecule has 0 unspecified atom stereocenters. The molecule has 0 radical (unpaired) electrons. The zero-order valence-electron chi connectivity index (χ0n) is 10.8. The number of nitrogens with two attached hydrogens (primary N) is 1. The molecule has 0 spiro atoms. The highest BCUT2D eigenvalue weighted by Crippen LogP contribution is 1.97. The van der Waals surface area contributed by atoms with Crippen LogP contribution in [0, 0.1) is 0 Å². The average molecular weight is 363 g/mol. The van der Waals surface area contributed by atoms with Gasteiger partial charge in [-0.1, -0.05) is 30.3 Å². The van der Waals surface area contributed by atoms with Crippen molar-refractivity contribution in [2.24, 2.45) is 10.7 Å². The van der Waals surface area contributed by atoms with Gasteiger partial charge in [0.15, 0.2) is 5.96 Å². The standard InChI is InChI=1S/C13H21N3O.HI/c1-17-11-5-9-15-13(14)16-10-8-12-6-3-2-4-7-12;/h2-4,6-7H,5,8-11H2,1H3,(H3,14,15,16);1H. The number of hydrogen-bond donors (Lipinski definition) is 2. The quantitative estimate of drug-likeness (QED) is 0.336. The molecule has 0 aliphatic carbocycles. The molecule has 18 heavy (non-hydrogen) atoms. The van der Waals surface area contributed by atoms with Crippen LogP contribution < -0.4 is 11.1 Å². The number of ether oxygens (including phenoxy) is 1. The molecule has 5 heteroatoms. The molecular formula is C13H22IN3O. The molecule has 0 saturated carbocycles. The van der Waals surface area contributed by atoms with E-state index in [0.717, 1.165) is 26.0 Å². The Balaban J connectivity index is 0.00000289. The third-order valence-corrected chi connectivity index (χ3v) is 2.35. The van der Waals surface area contributed by atoms with Gasteiger partial charge in [0.2, 0.25) is 0 Å². The molecule has 0 aliphatic rings. The van der Waals surface area contributed by atoms with Crippen molar-refractivity contribution in [3.05, 3.63) is 35.9 Å². The molecule has 0 heterocycles. The summed E-state index contributed by atoms with van der Waals surface area (Å²) in [6.45, 7) is 2.24. The minimum atomic E-state index is 0. The number of nitrogens with one attached hydrogen (secondary N) is 1. The fourth-order valence-electron chi connectivity index (χ4n) is 1.44. The summed E-state index contributed by atoms with van der Waals surface area (Å²) in [5, 5.41) is 3.09. The van der Waals surface area contributed by atoms with E-state index in [2.05, 4.69) is 22.4 Å². The first-order valence-corrected chi connectivity index (χ1v) is 5.89. The van der Waals surface area contributed by atoms with E-state index in [4.69, 9.17) is 10.5 Å². The van der Waals surface area contributed by atoms with Gasteiger partial charge in [-0.3, -0.25) is 4.99 Å². The normalized spacial score (nSPS) is 10.8. The van der Waals surface area contributed by atoms with Crippen LogP contribution in [0.15, 0.2) is 35.3 Å². The Kier molecular flexibility index (Phi) is 10.8. The zero-order valence-corrected chi connectivity index (χ0v) is 13.1. The minimum Gasteiger partial charge on any atom is -0.385 e. The summed E-state index contributed by atoms with van der Waals surface area (Å²) in [4.78, 5) is 4.20. The van der Waals surface area contributed by atoms with Crippen LogP contribution >= 0.6 is 24.0 Å². The predicted molar refractivity (Wildman–Crippen MR) is 86.5 cm³/mol. The molecule has 1 aromatic rings. The molecule has 4 nitrogen and oxygen atoms in total. The molecule has 0 amide bonds. The zero-order chi connectivity index (χ0) is 12.3. The summed E-state index contributed by atoms with van der Waals surface area (Å²) in [6, 6.07) is 10.3. The maximum atomic E-state index is 5.72. The van der Waals surface area contributed by atoms with Gasteiger partial charge in [-0.15, -0.1) is 24.0 Å². The van der Waals surface area contributed by atoms with Crippen molar-refractivity contribution in [1.29, 1.82) is 0 Å². The van der Waals surface area contributed by atoms with Gasteiger partial charge in [-0.2, -0.15) is 0 Å². The van der Waals surface area contributed by atoms with E-state index in [-0.39, 0.29) is 24.0 Å². The second-order valence-corrected chi connectivity index (χ2v) is 3.78. The number of guanidine groups is 1. The number of methoxy groups -OCH3 is 1. The summed E-state index contributed by atoms with van der Waals surface area (Å²) in [5.74, 6) is 0.511. The first-order valence-electron chi connectivity index (χ1n) is 5.89. The third kappa shape index (κ3) is 8.30. The van der Waals surface area contributed by atoms with Crippen molar-refractivity contribution in [3.63, 3.8) is 0 Å². The summed E-state index contributed by atoms with van der Waals surface area (Å²) in [6.07, 6.45) is 1.85. The van der Waals surface area contributed by atoms with Crippen molar-refractivity contribution in [1.82, 2.24) is 5.32 Å². The van der Waals surface area contributed by atoms with E-state index >= 15 is 0 Å². The van der Waals surface area contributed by atoms with E-state index in [1.807, 2.05) is 18.2 Å². The Hall–Kier alpha value is -0.820. The highest BCUT2D eigenvalue weighted by Gasteiger charge is 1.93. The van der Waals surface area contributed by atoms with E-state index in [1.54, 1.807) is 7.11 Å². The van der Waals surface area contributed by atoms with E-state index in [0.29, 0.717) is 12.5 Å².